The summed E-state index contributed by atoms with van der Waals surface area (Å²) in [5.74, 6) is 0.805. The molecule has 9 nitrogen and oxygen atoms in total. The van der Waals surface area contributed by atoms with E-state index in [9.17, 15) is 18.0 Å². The molecule has 1 saturated heterocycles. The van der Waals surface area contributed by atoms with Crippen LogP contribution >= 0.6 is 11.3 Å². The van der Waals surface area contributed by atoms with Gasteiger partial charge >= 0.3 is 4.87 Å². The van der Waals surface area contributed by atoms with E-state index in [-0.39, 0.29) is 41.5 Å². The zero-order chi connectivity index (χ0) is 23.2. The number of nitrogens with zero attached hydrogens (tertiary/aromatic N) is 2. The number of aryl methyl sites for hydroxylation is 1. The van der Waals surface area contributed by atoms with Gasteiger partial charge in [-0.15, -0.1) is 0 Å². The van der Waals surface area contributed by atoms with Crippen molar-refractivity contribution in [1.29, 1.82) is 0 Å². The maximum atomic E-state index is 13.2. The number of benzene rings is 2. The third kappa shape index (κ3) is 4.00. The number of aromatic nitrogens is 1. The SMILES string of the molecule is CCn1c(=O)sc2cc(S(=O)(=O)N3CCC(C(=O)Nc4ccc5c(c4)OCO5)CC3)ccc21. The molecule has 11 heteroatoms. The molecule has 2 aromatic carbocycles. The number of hydrogen-bond acceptors (Lipinski definition) is 7. The van der Waals surface area contributed by atoms with E-state index in [4.69, 9.17) is 9.47 Å². The van der Waals surface area contributed by atoms with Crippen LogP contribution in [0, 0.1) is 5.92 Å². The minimum atomic E-state index is -3.71. The van der Waals surface area contributed by atoms with Gasteiger partial charge in [-0.2, -0.15) is 4.31 Å². The molecule has 0 spiro atoms. The van der Waals surface area contributed by atoms with Crippen molar-refractivity contribution >= 4 is 43.2 Å². The lowest BCUT2D eigenvalue weighted by molar-refractivity contribution is -0.120. The van der Waals surface area contributed by atoms with E-state index < -0.39 is 10.0 Å². The Morgan fingerprint density at radius 3 is 2.64 bits per heavy atom. The maximum Gasteiger partial charge on any atom is 0.308 e. The Kier molecular flexibility index (Phi) is 5.63. The van der Waals surface area contributed by atoms with Gasteiger partial charge in [0.2, 0.25) is 22.7 Å². The Labute approximate surface area is 194 Å². The molecule has 0 bridgehead atoms. The molecule has 174 valence electrons. The van der Waals surface area contributed by atoms with Crippen LogP contribution in [0.3, 0.4) is 0 Å². The zero-order valence-electron chi connectivity index (χ0n) is 17.9. The van der Waals surface area contributed by atoms with Crippen molar-refractivity contribution in [1.82, 2.24) is 8.87 Å². The predicted octanol–water partition coefficient (Wildman–Crippen LogP) is 2.85. The van der Waals surface area contributed by atoms with Crippen molar-refractivity contribution in [2.45, 2.75) is 31.2 Å². The van der Waals surface area contributed by atoms with Gasteiger partial charge in [0.15, 0.2) is 11.5 Å². The molecule has 1 N–H and O–H groups in total. The van der Waals surface area contributed by atoms with Gasteiger partial charge < -0.3 is 14.8 Å². The standard InChI is InChI=1S/C22H23N3O6S2/c1-2-25-17-5-4-16(12-20(17)32-22(25)27)33(28,29)24-9-7-14(8-10-24)21(26)23-15-3-6-18-19(11-15)31-13-30-18/h3-6,11-12,14H,2,7-10,13H2,1H3,(H,23,26). The van der Waals surface area contributed by atoms with Crippen molar-refractivity contribution in [2.24, 2.45) is 5.92 Å². The molecular formula is C22H23N3O6S2. The van der Waals surface area contributed by atoms with E-state index >= 15 is 0 Å². The van der Waals surface area contributed by atoms with Crippen molar-refractivity contribution < 1.29 is 22.7 Å². The van der Waals surface area contributed by atoms with Gasteiger partial charge in [-0.3, -0.25) is 14.2 Å². The summed E-state index contributed by atoms with van der Waals surface area (Å²) in [5.41, 5.74) is 1.36. The monoisotopic (exact) mass is 489 g/mol. The molecule has 1 aromatic heterocycles. The summed E-state index contributed by atoms with van der Waals surface area (Å²) >= 11 is 1.05. The summed E-state index contributed by atoms with van der Waals surface area (Å²) in [4.78, 5) is 24.9. The van der Waals surface area contributed by atoms with E-state index in [0.717, 1.165) is 16.9 Å². The smallest absolute Gasteiger partial charge is 0.308 e. The van der Waals surface area contributed by atoms with Crippen molar-refractivity contribution in [2.75, 3.05) is 25.2 Å². The molecule has 3 heterocycles. The van der Waals surface area contributed by atoms with Crippen LogP contribution in [0.2, 0.25) is 0 Å². The largest absolute Gasteiger partial charge is 0.454 e. The van der Waals surface area contributed by atoms with Crippen molar-refractivity contribution in [3.8, 4) is 11.5 Å². The van der Waals surface area contributed by atoms with Gasteiger partial charge in [0, 0.05) is 37.3 Å². The predicted molar refractivity (Wildman–Crippen MR) is 124 cm³/mol. The molecular weight excluding hydrogens is 466 g/mol. The van der Waals surface area contributed by atoms with Gasteiger partial charge in [0.1, 0.15) is 0 Å². The van der Waals surface area contributed by atoms with Crippen LogP contribution < -0.4 is 19.7 Å². The molecule has 33 heavy (non-hydrogen) atoms. The lowest BCUT2D eigenvalue weighted by Gasteiger charge is -2.30. The molecule has 1 fully saturated rings. The summed E-state index contributed by atoms with van der Waals surface area (Å²) in [6, 6.07) is 10.0. The van der Waals surface area contributed by atoms with Gasteiger partial charge in [-0.05, 0) is 50.1 Å². The van der Waals surface area contributed by atoms with Crippen LogP contribution in [0.4, 0.5) is 5.69 Å². The van der Waals surface area contributed by atoms with Crippen LogP contribution in [0.15, 0.2) is 46.1 Å². The molecule has 2 aliphatic heterocycles. The highest BCUT2D eigenvalue weighted by Gasteiger charge is 2.32. The van der Waals surface area contributed by atoms with Crippen LogP contribution in [-0.2, 0) is 21.4 Å². The Bertz CT molecular complexity index is 1390. The van der Waals surface area contributed by atoms with Crippen LogP contribution in [-0.4, -0.2) is 43.1 Å². The Hall–Kier alpha value is -2.89. The minimum Gasteiger partial charge on any atom is -0.454 e. The third-order valence-corrected chi connectivity index (χ3v) is 8.90. The fourth-order valence-electron chi connectivity index (χ4n) is 4.23. The highest BCUT2D eigenvalue weighted by molar-refractivity contribution is 7.89. The normalized spacial score (nSPS) is 16.9. The molecule has 2 aliphatic rings. The topological polar surface area (TPSA) is 107 Å². The number of nitrogens with one attached hydrogen (secondary N) is 1. The zero-order valence-corrected chi connectivity index (χ0v) is 19.6. The molecule has 3 aromatic rings. The van der Waals surface area contributed by atoms with E-state index in [2.05, 4.69) is 5.32 Å². The summed E-state index contributed by atoms with van der Waals surface area (Å²) in [6.45, 7) is 3.09. The van der Waals surface area contributed by atoms with E-state index in [0.29, 0.717) is 41.3 Å². The summed E-state index contributed by atoms with van der Waals surface area (Å²) in [5, 5.41) is 2.89. The lowest BCUT2D eigenvalue weighted by Crippen LogP contribution is -2.41. The second-order valence-corrected chi connectivity index (χ2v) is 10.9. The first kappa shape index (κ1) is 21.9. The van der Waals surface area contributed by atoms with Gasteiger partial charge in [-0.25, -0.2) is 8.42 Å². The molecule has 0 unspecified atom stereocenters. The molecule has 0 saturated carbocycles. The number of amides is 1. The van der Waals surface area contributed by atoms with Crippen molar-refractivity contribution in [3.63, 3.8) is 0 Å². The Balaban J connectivity index is 1.26. The number of ether oxygens (including phenoxy) is 2. The third-order valence-electron chi connectivity index (χ3n) is 6.06. The molecule has 0 radical (unpaired) electrons. The summed E-state index contributed by atoms with van der Waals surface area (Å²) in [6.07, 6.45) is 0.856. The van der Waals surface area contributed by atoms with Crippen LogP contribution in [0.25, 0.3) is 10.2 Å². The van der Waals surface area contributed by atoms with Gasteiger partial charge in [-0.1, -0.05) is 11.3 Å². The number of carbonyl (C=O) groups excluding carboxylic acids is 1. The maximum absolute atomic E-state index is 13.2. The first-order chi connectivity index (χ1) is 15.9. The number of sulfonamides is 1. The number of rotatable bonds is 5. The molecule has 5 rings (SSSR count). The number of piperidine rings is 1. The second-order valence-electron chi connectivity index (χ2n) is 7.98. The fraction of sp³-hybridized carbons (Fsp3) is 0.364. The Morgan fingerprint density at radius 2 is 1.88 bits per heavy atom. The second kappa shape index (κ2) is 8.47. The number of carbonyl (C=O) groups is 1. The quantitative estimate of drug-likeness (QED) is 0.591. The number of thiazole rings is 1. The number of anilines is 1. The average Bonchev–Trinajstić information content (AvgIpc) is 3.41. The molecule has 1 amide bonds. The first-order valence-electron chi connectivity index (χ1n) is 10.7. The minimum absolute atomic E-state index is 0.101. The highest BCUT2D eigenvalue weighted by atomic mass is 32.2. The van der Waals surface area contributed by atoms with Crippen LogP contribution in [0.1, 0.15) is 19.8 Å². The molecule has 0 aliphatic carbocycles. The average molecular weight is 490 g/mol. The highest BCUT2D eigenvalue weighted by Crippen LogP contribution is 2.35. The van der Waals surface area contributed by atoms with E-state index in [1.807, 2.05) is 6.92 Å². The molecule has 0 atom stereocenters. The van der Waals surface area contributed by atoms with Crippen molar-refractivity contribution in [3.05, 3.63) is 46.1 Å². The van der Waals surface area contributed by atoms with Gasteiger partial charge in [0.25, 0.3) is 0 Å². The number of hydrogen-bond donors (Lipinski definition) is 1. The lowest BCUT2D eigenvalue weighted by atomic mass is 9.97. The van der Waals surface area contributed by atoms with Crippen LogP contribution in [0.5, 0.6) is 11.5 Å². The summed E-state index contributed by atoms with van der Waals surface area (Å²) in [7, 11) is -3.71. The Morgan fingerprint density at radius 1 is 1.12 bits per heavy atom. The summed E-state index contributed by atoms with van der Waals surface area (Å²) < 4.78 is 40.7. The first-order valence-corrected chi connectivity index (χ1v) is 13.0. The number of fused-ring (bicyclic) bond motifs is 2. The fourth-order valence-corrected chi connectivity index (χ4v) is 6.80. The van der Waals surface area contributed by atoms with E-state index in [1.165, 1.54) is 4.31 Å². The van der Waals surface area contributed by atoms with E-state index in [1.54, 1.807) is 41.0 Å². The van der Waals surface area contributed by atoms with Gasteiger partial charge in [0.05, 0.1) is 15.1 Å².